The maximum atomic E-state index is 11.0. The van der Waals surface area contributed by atoms with E-state index in [1.54, 1.807) is 0 Å². The van der Waals surface area contributed by atoms with Crippen LogP contribution in [0.1, 0.15) is 19.4 Å². The molecule has 3 aromatic rings. The van der Waals surface area contributed by atoms with Crippen LogP contribution >= 0.6 is 23.8 Å². The molecule has 8 nitrogen and oxygen atoms in total. The monoisotopic (exact) mass is 417 g/mol. The van der Waals surface area contributed by atoms with E-state index < -0.39 is 4.92 Å². The predicted octanol–water partition coefficient (Wildman–Crippen LogP) is 4.84. The zero-order valence-corrected chi connectivity index (χ0v) is 16.6. The highest BCUT2D eigenvalue weighted by Gasteiger charge is 2.11. The fourth-order valence-electron chi connectivity index (χ4n) is 2.43. The van der Waals surface area contributed by atoms with E-state index in [0.29, 0.717) is 22.2 Å². The van der Waals surface area contributed by atoms with Crippen LogP contribution in [0.3, 0.4) is 0 Å². The Labute approximate surface area is 170 Å². The van der Waals surface area contributed by atoms with Crippen molar-refractivity contribution in [3.8, 4) is 17.1 Å². The summed E-state index contributed by atoms with van der Waals surface area (Å²) < 4.78 is 7.39. The molecule has 0 atom stereocenters. The summed E-state index contributed by atoms with van der Waals surface area (Å²) in [6.07, 6.45) is 1.43. The van der Waals surface area contributed by atoms with Gasteiger partial charge in [-0.2, -0.15) is 14.9 Å². The number of aromatic amines is 1. The number of ether oxygens (including phenoxy) is 1. The SMILES string of the molecule is CC(C)Oc1cccc(-c2n[nH]c(=S)n2/N=C/c2cc([N+](=O)[O-])ccc2Cl)c1. The van der Waals surface area contributed by atoms with Crippen LogP contribution in [-0.2, 0) is 0 Å². The molecule has 2 aromatic carbocycles. The summed E-state index contributed by atoms with van der Waals surface area (Å²) >= 11 is 11.4. The van der Waals surface area contributed by atoms with Crippen molar-refractivity contribution in [2.75, 3.05) is 0 Å². The molecule has 1 N–H and O–H groups in total. The number of nitrogens with one attached hydrogen (secondary N) is 1. The Morgan fingerprint density at radius 1 is 1.36 bits per heavy atom. The van der Waals surface area contributed by atoms with E-state index in [0.717, 1.165) is 5.56 Å². The first-order chi connectivity index (χ1) is 13.3. The Bertz CT molecular complexity index is 1110. The second-order valence-corrected chi connectivity index (χ2v) is 6.86. The number of hydrogen-bond acceptors (Lipinski definition) is 6. The summed E-state index contributed by atoms with van der Waals surface area (Å²) in [7, 11) is 0. The van der Waals surface area contributed by atoms with Gasteiger partial charge in [-0.25, -0.2) is 5.10 Å². The normalized spacial score (nSPS) is 11.3. The molecule has 3 rings (SSSR count). The van der Waals surface area contributed by atoms with Gasteiger partial charge < -0.3 is 4.74 Å². The summed E-state index contributed by atoms with van der Waals surface area (Å²) in [5.41, 5.74) is 1.05. The van der Waals surface area contributed by atoms with Gasteiger partial charge in [0.15, 0.2) is 5.82 Å². The average Bonchev–Trinajstić information content (AvgIpc) is 3.01. The number of hydrogen-bond donors (Lipinski definition) is 1. The molecule has 0 aliphatic carbocycles. The molecule has 0 saturated carbocycles. The molecule has 0 radical (unpaired) electrons. The Balaban J connectivity index is 1.99. The van der Waals surface area contributed by atoms with E-state index in [4.69, 9.17) is 28.6 Å². The Morgan fingerprint density at radius 2 is 2.14 bits per heavy atom. The highest BCUT2D eigenvalue weighted by atomic mass is 35.5. The lowest BCUT2D eigenvalue weighted by Gasteiger charge is -2.10. The van der Waals surface area contributed by atoms with Crippen LogP contribution in [0, 0.1) is 14.9 Å². The molecular formula is C18H16ClN5O3S. The quantitative estimate of drug-likeness (QED) is 0.268. The first-order valence-corrected chi connectivity index (χ1v) is 9.06. The Kier molecular flexibility index (Phi) is 5.86. The number of H-pyrrole nitrogens is 1. The second-order valence-electron chi connectivity index (χ2n) is 6.07. The summed E-state index contributed by atoms with van der Waals surface area (Å²) in [5.74, 6) is 1.16. The summed E-state index contributed by atoms with van der Waals surface area (Å²) in [6, 6.07) is 11.5. The number of nitro groups is 1. The van der Waals surface area contributed by atoms with Crippen molar-refractivity contribution in [3.63, 3.8) is 0 Å². The van der Waals surface area contributed by atoms with Gasteiger partial charge in [-0.15, -0.1) is 0 Å². The van der Waals surface area contributed by atoms with E-state index >= 15 is 0 Å². The van der Waals surface area contributed by atoms with Crippen molar-refractivity contribution < 1.29 is 9.66 Å². The van der Waals surface area contributed by atoms with Gasteiger partial charge in [0, 0.05) is 28.3 Å². The number of nitro benzene ring substituents is 1. The van der Waals surface area contributed by atoms with Crippen LogP contribution < -0.4 is 4.74 Å². The van der Waals surface area contributed by atoms with Crippen molar-refractivity contribution in [3.05, 3.63) is 67.9 Å². The third-order valence-corrected chi connectivity index (χ3v) is 4.23. The maximum absolute atomic E-state index is 11.0. The van der Waals surface area contributed by atoms with Crippen molar-refractivity contribution in [1.29, 1.82) is 0 Å². The fraction of sp³-hybridized carbons (Fsp3) is 0.167. The molecule has 1 aromatic heterocycles. The van der Waals surface area contributed by atoms with Gasteiger partial charge in [0.05, 0.1) is 17.2 Å². The van der Waals surface area contributed by atoms with Gasteiger partial charge in [-0.05, 0) is 44.3 Å². The third-order valence-electron chi connectivity index (χ3n) is 3.62. The minimum atomic E-state index is -0.497. The molecule has 0 spiro atoms. The molecular weight excluding hydrogens is 402 g/mol. The molecule has 144 valence electrons. The van der Waals surface area contributed by atoms with Gasteiger partial charge in [0.2, 0.25) is 4.77 Å². The molecule has 1 heterocycles. The molecule has 10 heteroatoms. The first-order valence-electron chi connectivity index (χ1n) is 8.28. The van der Waals surface area contributed by atoms with Gasteiger partial charge in [-0.3, -0.25) is 10.1 Å². The topological polar surface area (TPSA) is 98.3 Å². The minimum Gasteiger partial charge on any atom is -0.491 e. The molecule has 0 aliphatic heterocycles. The fourth-order valence-corrected chi connectivity index (χ4v) is 2.78. The highest BCUT2D eigenvalue weighted by Crippen LogP contribution is 2.24. The number of nitrogens with zero attached hydrogens (tertiary/aromatic N) is 4. The van der Waals surface area contributed by atoms with E-state index in [2.05, 4.69) is 15.3 Å². The summed E-state index contributed by atoms with van der Waals surface area (Å²) in [5, 5.41) is 22.5. The number of non-ortho nitro benzene ring substituents is 1. The molecule has 0 amide bonds. The van der Waals surface area contributed by atoms with Crippen LogP contribution in [0.15, 0.2) is 47.6 Å². The van der Waals surface area contributed by atoms with Crippen LogP contribution in [-0.4, -0.2) is 32.1 Å². The van der Waals surface area contributed by atoms with E-state index in [9.17, 15) is 10.1 Å². The Morgan fingerprint density at radius 3 is 2.86 bits per heavy atom. The lowest BCUT2D eigenvalue weighted by Crippen LogP contribution is -2.05. The summed E-state index contributed by atoms with van der Waals surface area (Å²) in [6.45, 7) is 3.88. The number of aromatic nitrogens is 3. The second kappa shape index (κ2) is 8.32. The van der Waals surface area contributed by atoms with Crippen LogP contribution in [0.2, 0.25) is 5.02 Å². The molecule has 0 bridgehead atoms. The lowest BCUT2D eigenvalue weighted by atomic mass is 10.2. The highest BCUT2D eigenvalue weighted by molar-refractivity contribution is 7.71. The van der Waals surface area contributed by atoms with Crippen molar-refractivity contribution >= 4 is 35.7 Å². The van der Waals surface area contributed by atoms with Gasteiger partial charge in [-0.1, -0.05) is 23.7 Å². The molecule has 0 fully saturated rings. The number of rotatable bonds is 6. The van der Waals surface area contributed by atoms with Gasteiger partial charge in [0.25, 0.3) is 5.69 Å². The van der Waals surface area contributed by atoms with Crippen molar-refractivity contribution in [1.82, 2.24) is 14.9 Å². The molecule has 0 saturated heterocycles. The van der Waals surface area contributed by atoms with Gasteiger partial charge >= 0.3 is 0 Å². The molecule has 0 unspecified atom stereocenters. The van der Waals surface area contributed by atoms with Crippen LogP contribution in [0.25, 0.3) is 11.4 Å². The first kappa shape index (κ1) is 19.7. The summed E-state index contributed by atoms with van der Waals surface area (Å²) in [4.78, 5) is 10.5. The standard InChI is InChI=1S/C18H16ClN5O3S/c1-11(2)27-15-5-3-4-12(9-15)17-21-22-18(28)23(17)20-10-13-8-14(24(25)26)6-7-16(13)19/h3-11H,1-2H3,(H,22,28)/b20-10+. The van der Waals surface area contributed by atoms with Crippen LogP contribution in [0.4, 0.5) is 5.69 Å². The van der Waals surface area contributed by atoms with Crippen LogP contribution in [0.5, 0.6) is 5.75 Å². The zero-order valence-electron chi connectivity index (χ0n) is 15.0. The molecule has 28 heavy (non-hydrogen) atoms. The predicted molar refractivity (Wildman–Crippen MR) is 110 cm³/mol. The van der Waals surface area contributed by atoms with E-state index in [1.807, 2.05) is 38.1 Å². The van der Waals surface area contributed by atoms with E-state index in [-0.39, 0.29) is 16.6 Å². The molecule has 0 aliphatic rings. The van der Waals surface area contributed by atoms with Crippen molar-refractivity contribution in [2.24, 2.45) is 5.10 Å². The average molecular weight is 418 g/mol. The lowest BCUT2D eigenvalue weighted by molar-refractivity contribution is -0.384. The maximum Gasteiger partial charge on any atom is 0.270 e. The third kappa shape index (κ3) is 4.44. The van der Waals surface area contributed by atoms with Gasteiger partial charge in [0.1, 0.15) is 5.75 Å². The van der Waals surface area contributed by atoms with Crippen molar-refractivity contribution in [2.45, 2.75) is 20.0 Å². The minimum absolute atomic E-state index is 0.0325. The largest absolute Gasteiger partial charge is 0.491 e. The van der Waals surface area contributed by atoms with E-state index in [1.165, 1.54) is 29.1 Å². The number of halogens is 1. The smallest absolute Gasteiger partial charge is 0.270 e. The number of benzene rings is 2. The zero-order chi connectivity index (χ0) is 20.3. The Hall–Kier alpha value is -3.04.